The maximum Gasteiger partial charge on any atom is 0.236 e. The van der Waals surface area contributed by atoms with Gasteiger partial charge in [0.25, 0.3) is 0 Å². The minimum absolute atomic E-state index is 0.0583. The highest BCUT2D eigenvalue weighted by atomic mass is 79.9. The van der Waals surface area contributed by atoms with Gasteiger partial charge in [-0.3, -0.25) is 14.5 Å². The van der Waals surface area contributed by atoms with Crippen molar-refractivity contribution >= 4 is 39.1 Å². The zero-order valence-corrected chi connectivity index (χ0v) is 9.32. The Balaban J connectivity index is 2.38. The summed E-state index contributed by atoms with van der Waals surface area (Å²) in [6.45, 7) is 0.0671. The van der Waals surface area contributed by atoms with Crippen LogP contribution in [0.15, 0.2) is 16.7 Å². The molecule has 0 bridgehead atoms. The van der Waals surface area contributed by atoms with Crippen molar-refractivity contribution in [2.75, 3.05) is 17.2 Å². The van der Waals surface area contributed by atoms with Gasteiger partial charge in [-0.15, -0.1) is 0 Å². The van der Waals surface area contributed by atoms with Crippen molar-refractivity contribution in [3.05, 3.63) is 16.7 Å². The first-order valence-corrected chi connectivity index (χ1v) is 5.10. The van der Waals surface area contributed by atoms with E-state index in [9.17, 15) is 9.59 Å². The molecule has 1 aromatic heterocycles. The Labute approximate surface area is 94.4 Å². The molecule has 1 saturated heterocycles. The largest absolute Gasteiger partial charge is 0.396 e. The molecule has 2 heterocycles. The van der Waals surface area contributed by atoms with Crippen molar-refractivity contribution in [3.63, 3.8) is 0 Å². The van der Waals surface area contributed by atoms with Crippen LogP contribution in [-0.2, 0) is 9.59 Å². The molecule has 15 heavy (non-hydrogen) atoms. The number of halogens is 1. The van der Waals surface area contributed by atoms with Crippen molar-refractivity contribution < 1.29 is 9.59 Å². The van der Waals surface area contributed by atoms with Gasteiger partial charge in [-0.05, 0) is 22.0 Å². The molecule has 0 atom stereocenters. The maximum atomic E-state index is 11.4. The number of hydrogen-bond donors (Lipinski definition) is 1. The van der Waals surface area contributed by atoms with Crippen LogP contribution in [0.25, 0.3) is 0 Å². The third-order valence-electron chi connectivity index (χ3n) is 2.10. The Morgan fingerprint density at radius 1 is 1.47 bits per heavy atom. The Morgan fingerprint density at radius 2 is 2.20 bits per heavy atom. The minimum atomic E-state index is -0.249. The molecule has 0 unspecified atom stereocenters. The quantitative estimate of drug-likeness (QED) is 0.763. The molecule has 0 saturated carbocycles. The zero-order valence-electron chi connectivity index (χ0n) is 7.74. The number of carbonyl (C=O) groups excluding carboxylic acids is 2. The number of Topliss-reactive ketones (excluding diaryl/α,β-unsaturated/α-hetero) is 1. The van der Waals surface area contributed by atoms with E-state index in [0.717, 1.165) is 4.47 Å². The van der Waals surface area contributed by atoms with Gasteiger partial charge in [0, 0.05) is 10.7 Å². The average Bonchev–Trinajstić information content (AvgIpc) is 2.45. The first-order valence-electron chi connectivity index (χ1n) is 4.31. The number of aromatic nitrogens is 1. The van der Waals surface area contributed by atoms with Crippen molar-refractivity contribution in [2.45, 2.75) is 6.42 Å². The SMILES string of the molecule is Nc1cc(Br)cnc1N1CC(=O)CC1=O. The number of rotatable bonds is 1. The third kappa shape index (κ3) is 1.85. The van der Waals surface area contributed by atoms with E-state index in [1.807, 2.05) is 0 Å². The smallest absolute Gasteiger partial charge is 0.236 e. The van der Waals surface area contributed by atoms with Gasteiger partial charge in [-0.25, -0.2) is 4.98 Å². The van der Waals surface area contributed by atoms with Crippen LogP contribution >= 0.6 is 15.9 Å². The first-order chi connectivity index (χ1) is 7.08. The Kier molecular flexibility index (Phi) is 2.44. The lowest BCUT2D eigenvalue weighted by Crippen LogP contribution is -2.26. The van der Waals surface area contributed by atoms with Gasteiger partial charge >= 0.3 is 0 Å². The molecule has 1 amide bonds. The predicted molar refractivity (Wildman–Crippen MR) is 58.3 cm³/mol. The lowest BCUT2D eigenvalue weighted by molar-refractivity contribution is -0.121. The van der Waals surface area contributed by atoms with E-state index in [4.69, 9.17) is 5.73 Å². The standard InChI is InChI=1S/C9H8BrN3O2/c10-5-1-7(11)9(12-3-5)13-4-6(14)2-8(13)15/h1,3H,2,4,11H2. The zero-order chi connectivity index (χ0) is 11.0. The third-order valence-corrected chi connectivity index (χ3v) is 2.54. The molecule has 6 heteroatoms. The van der Waals surface area contributed by atoms with E-state index >= 15 is 0 Å². The number of ketones is 1. The van der Waals surface area contributed by atoms with Crippen LogP contribution in [0.4, 0.5) is 11.5 Å². The van der Waals surface area contributed by atoms with Crippen LogP contribution < -0.4 is 10.6 Å². The van der Waals surface area contributed by atoms with Gasteiger partial charge in [0.15, 0.2) is 11.6 Å². The molecule has 0 radical (unpaired) electrons. The number of anilines is 2. The summed E-state index contributed by atoms with van der Waals surface area (Å²) in [5.74, 6) is -0.000286. The van der Waals surface area contributed by atoms with Gasteiger partial charge in [0.1, 0.15) is 0 Å². The van der Waals surface area contributed by atoms with Gasteiger partial charge in [-0.1, -0.05) is 0 Å². The number of nitrogens with two attached hydrogens (primary N) is 1. The van der Waals surface area contributed by atoms with Crippen LogP contribution in [0, 0.1) is 0 Å². The van der Waals surface area contributed by atoms with Crippen molar-refractivity contribution in [1.29, 1.82) is 0 Å². The van der Waals surface area contributed by atoms with E-state index in [2.05, 4.69) is 20.9 Å². The lowest BCUT2D eigenvalue weighted by atomic mass is 10.3. The van der Waals surface area contributed by atoms with Crippen LogP contribution in [0.3, 0.4) is 0 Å². The topological polar surface area (TPSA) is 76.3 Å². The molecular weight excluding hydrogens is 262 g/mol. The van der Waals surface area contributed by atoms with E-state index < -0.39 is 0 Å². The monoisotopic (exact) mass is 269 g/mol. The number of hydrogen-bond acceptors (Lipinski definition) is 4. The number of pyridine rings is 1. The molecule has 1 aliphatic heterocycles. The molecule has 2 rings (SSSR count). The van der Waals surface area contributed by atoms with Crippen molar-refractivity contribution in [1.82, 2.24) is 4.98 Å². The second kappa shape index (κ2) is 3.62. The summed E-state index contributed by atoms with van der Waals surface area (Å²) in [6, 6.07) is 1.65. The van der Waals surface area contributed by atoms with E-state index in [1.54, 1.807) is 12.3 Å². The minimum Gasteiger partial charge on any atom is -0.396 e. The van der Waals surface area contributed by atoms with Crippen LogP contribution in [0.1, 0.15) is 6.42 Å². The number of nitrogens with zero attached hydrogens (tertiary/aromatic N) is 2. The second-order valence-corrected chi connectivity index (χ2v) is 4.18. The number of nitrogen functional groups attached to an aromatic ring is 1. The summed E-state index contributed by atoms with van der Waals surface area (Å²) in [7, 11) is 0. The fourth-order valence-electron chi connectivity index (χ4n) is 1.45. The number of amides is 1. The Morgan fingerprint density at radius 3 is 2.73 bits per heavy atom. The molecule has 1 fully saturated rings. The van der Waals surface area contributed by atoms with E-state index in [1.165, 1.54) is 4.90 Å². The summed E-state index contributed by atoms with van der Waals surface area (Å²) >= 11 is 3.22. The van der Waals surface area contributed by atoms with E-state index in [0.29, 0.717) is 11.5 Å². The Hall–Kier alpha value is -1.43. The summed E-state index contributed by atoms with van der Waals surface area (Å²) in [4.78, 5) is 27.8. The average molecular weight is 270 g/mol. The van der Waals surface area contributed by atoms with Crippen LogP contribution in [0.5, 0.6) is 0 Å². The maximum absolute atomic E-state index is 11.4. The van der Waals surface area contributed by atoms with Crippen molar-refractivity contribution in [3.8, 4) is 0 Å². The molecule has 5 nitrogen and oxygen atoms in total. The normalized spacial score (nSPS) is 16.2. The van der Waals surface area contributed by atoms with Gasteiger partial charge in [0.2, 0.25) is 5.91 Å². The van der Waals surface area contributed by atoms with Crippen molar-refractivity contribution in [2.24, 2.45) is 0 Å². The molecule has 1 aromatic rings. The molecule has 78 valence electrons. The highest BCUT2D eigenvalue weighted by Crippen LogP contribution is 2.26. The fourth-order valence-corrected chi connectivity index (χ4v) is 1.80. The van der Waals surface area contributed by atoms with Crippen LogP contribution in [0.2, 0.25) is 0 Å². The highest BCUT2D eigenvalue weighted by Gasteiger charge is 2.30. The van der Waals surface area contributed by atoms with Gasteiger partial charge in [-0.2, -0.15) is 0 Å². The highest BCUT2D eigenvalue weighted by molar-refractivity contribution is 9.10. The molecule has 0 aromatic carbocycles. The summed E-state index contributed by atoms with van der Waals surface area (Å²) in [6.07, 6.45) is 1.49. The van der Waals surface area contributed by atoms with Crippen LogP contribution in [-0.4, -0.2) is 23.2 Å². The second-order valence-electron chi connectivity index (χ2n) is 3.26. The lowest BCUT2D eigenvalue weighted by Gasteiger charge is -2.15. The molecule has 0 aliphatic carbocycles. The molecule has 1 aliphatic rings. The Bertz CT molecular complexity index is 447. The summed E-state index contributed by atoms with van der Waals surface area (Å²) < 4.78 is 0.738. The molecular formula is C9H8BrN3O2. The van der Waals surface area contributed by atoms with E-state index in [-0.39, 0.29) is 24.7 Å². The first kappa shape index (κ1) is 10.1. The predicted octanol–water partition coefficient (Wildman–Crippen LogP) is 0.732. The number of carbonyl (C=O) groups is 2. The fraction of sp³-hybridized carbons (Fsp3) is 0.222. The van der Waals surface area contributed by atoms with Gasteiger partial charge < -0.3 is 5.73 Å². The molecule has 0 spiro atoms. The molecule has 2 N–H and O–H groups in total. The summed E-state index contributed by atoms with van der Waals surface area (Å²) in [5, 5.41) is 0. The summed E-state index contributed by atoms with van der Waals surface area (Å²) in [5.41, 5.74) is 6.09. The van der Waals surface area contributed by atoms with Gasteiger partial charge in [0.05, 0.1) is 18.7 Å².